The van der Waals surface area contributed by atoms with Crippen molar-refractivity contribution in [1.29, 1.82) is 0 Å². The summed E-state index contributed by atoms with van der Waals surface area (Å²) in [6.07, 6.45) is -3.01. The minimum Gasteiger partial charge on any atom is -0.408 e. The van der Waals surface area contributed by atoms with Gasteiger partial charge >= 0.3 is 12.1 Å². The van der Waals surface area contributed by atoms with Crippen LogP contribution < -0.4 is 15.8 Å². The second kappa shape index (κ2) is 9.15. The van der Waals surface area contributed by atoms with Gasteiger partial charge in [0.15, 0.2) is 5.58 Å². The molecule has 2 aromatic carbocycles. The van der Waals surface area contributed by atoms with Crippen molar-refractivity contribution in [3.8, 4) is 16.9 Å². The Balaban J connectivity index is 1.71. The Morgan fingerprint density at radius 3 is 2.39 bits per heavy atom. The number of benzene rings is 2. The summed E-state index contributed by atoms with van der Waals surface area (Å²) >= 11 is 0. The molecule has 0 aliphatic heterocycles. The van der Waals surface area contributed by atoms with Gasteiger partial charge in [0.25, 0.3) is 0 Å². The number of aromatic nitrogens is 1. The predicted molar refractivity (Wildman–Crippen MR) is 110 cm³/mol. The number of alkyl halides is 3. The van der Waals surface area contributed by atoms with E-state index in [2.05, 4.69) is 10.1 Å². The molecule has 0 radical (unpaired) electrons. The second-order valence-electron chi connectivity index (χ2n) is 7.01. The topological polar surface area (TPSA) is 90.5 Å². The molecule has 1 N–H and O–H groups in total. The van der Waals surface area contributed by atoms with E-state index in [-0.39, 0.29) is 11.5 Å². The lowest BCUT2D eigenvalue weighted by atomic mass is 10.1. The van der Waals surface area contributed by atoms with Gasteiger partial charge in [-0.2, -0.15) is 0 Å². The molecule has 0 fully saturated rings. The first-order valence-corrected chi connectivity index (χ1v) is 11.5. The third-order valence-corrected chi connectivity index (χ3v) is 5.42. The molecule has 0 aliphatic rings. The van der Waals surface area contributed by atoms with Crippen molar-refractivity contribution in [3.05, 3.63) is 53.0 Å². The van der Waals surface area contributed by atoms with E-state index < -0.39 is 22.0 Å². The van der Waals surface area contributed by atoms with E-state index in [0.717, 1.165) is 0 Å². The number of halogens is 3. The highest BCUT2D eigenvalue weighted by molar-refractivity contribution is 7.90. The first-order chi connectivity index (χ1) is 14.5. The number of hydrogen-bond acceptors (Lipinski definition) is 6. The Kier molecular flexibility index (Phi) is 6.75. The fourth-order valence-corrected chi connectivity index (χ4v) is 3.56. The minimum atomic E-state index is -4.76. The number of aryl methyl sites for hydroxylation is 1. The van der Waals surface area contributed by atoms with Crippen LogP contribution in [0.15, 0.2) is 51.7 Å². The highest BCUT2D eigenvalue weighted by Crippen LogP contribution is 2.28. The third-order valence-electron chi connectivity index (χ3n) is 4.47. The molecule has 11 heteroatoms. The van der Waals surface area contributed by atoms with E-state index in [9.17, 15) is 26.4 Å². The Morgan fingerprint density at radius 2 is 1.74 bits per heavy atom. The molecule has 3 rings (SSSR count). The summed E-state index contributed by atoms with van der Waals surface area (Å²) in [7, 11) is -3.03. The molecule has 31 heavy (non-hydrogen) atoms. The number of fused-ring (bicyclic) bond motifs is 1. The van der Waals surface area contributed by atoms with E-state index in [0.29, 0.717) is 48.3 Å². The number of nitrogens with zero attached hydrogens (tertiary/aromatic N) is 1. The molecule has 0 bridgehead atoms. The van der Waals surface area contributed by atoms with E-state index >= 15 is 0 Å². The van der Waals surface area contributed by atoms with Crippen LogP contribution in [0.1, 0.15) is 6.42 Å². The average molecular weight is 458 g/mol. The maximum Gasteiger partial charge on any atom is 0.573 e. The largest absolute Gasteiger partial charge is 0.573 e. The van der Waals surface area contributed by atoms with Gasteiger partial charge in [-0.3, -0.25) is 4.57 Å². The second-order valence-corrected chi connectivity index (χ2v) is 9.27. The van der Waals surface area contributed by atoms with Crippen LogP contribution >= 0.6 is 0 Å². The van der Waals surface area contributed by atoms with E-state index in [1.165, 1.54) is 35.1 Å². The molecule has 1 heterocycles. The van der Waals surface area contributed by atoms with Crippen molar-refractivity contribution in [2.75, 3.05) is 25.1 Å². The fraction of sp³-hybridized carbons (Fsp3) is 0.350. The third kappa shape index (κ3) is 6.59. The molecule has 0 amide bonds. The average Bonchev–Trinajstić information content (AvgIpc) is 2.97. The van der Waals surface area contributed by atoms with Gasteiger partial charge in [-0.25, -0.2) is 13.2 Å². The van der Waals surface area contributed by atoms with Crippen molar-refractivity contribution >= 4 is 20.9 Å². The highest BCUT2D eigenvalue weighted by atomic mass is 32.2. The van der Waals surface area contributed by atoms with E-state index in [1.807, 2.05) is 0 Å². The van der Waals surface area contributed by atoms with Gasteiger partial charge in [0.1, 0.15) is 15.6 Å². The number of nitrogens with one attached hydrogen (secondary N) is 1. The lowest BCUT2D eigenvalue weighted by Gasteiger charge is -2.09. The summed E-state index contributed by atoms with van der Waals surface area (Å²) in [5.41, 5.74) is 2.32. The highest BCUT2D eigenvalue weighted by Gasteiger charge is 2.30. The number of oxazole rings is 1. The summed E-state index contributed by atoms with van der Waals surface area (Å²) in [5.74, 6) is -0.796. The van der Waals surface area contributed by atoms with Crippen LogP contribution in [0.2, 0.25) is 0 Å². The molecule has 3 aromatic rings. The molecule has 0 unspecified atom stereocenters. The van der Waals surface area contributed by atoms with Gasteiger partial charge in [-0.05, 0) is 48.4 Å². The lowest BCUT2D eigenvalue weighted by molar-refractivity contribution is -0.274. The zero-order valence-electron chi connectivity index (χ0n) is 16.6. The summed E-state index contributed by atoms with van der Waals surface area (Å²) < 4.78 is 69.8. The molecular weight excluding hydrogens is 437 g/mol. The van der Waals surface area contributed by atoms with Crippen LogP contribution in [-0.2, 0) is 16.4 Å². The maximum absolute atomic E-state index is 12.3. The quantitative estimate of drug-likeness (QED) is 0.496. The standard InChI is InChI=1S/C20H21F3N2O5S/c1-31(27,28)12-10-24-9-2-11-25-17-13-15(5-8-18(17)29-19(25)26)14-3-6-16(7-4-14)30-20(21,22)23/h3-8,13,24H,2,9-12H2,1H3. The van der Waals surface area contributed by atoms with E-state index in [1.54, 1.807) is 18.2 Å². The number of hydrogen-bond donors (Lipinski definition) is 1. The van der Waals surface area contributed by atoms with Gasteiger partial charge in [0.2, 0.25) is 0 Å². The smallest absolute Gasteiger partial charge is 0.408 e. The van der Waals surface area contributed by atoms with Crippen LogP contribution in [0, 0.1) is 0 Å². The Morgan fingerprint density at radius 1 is 1.06 bits per heavy atom. The van der Waals surface area contributed by atoms with Crippen molar-refractivity contribution in [1.82, 2.24) is 9.88 Å². The molecule has 7 nitrogen and oxygen atoms in total. The van der Waals surface area contributed by atoms with Gasteiger partial charge < -0.3 is 14.5 Å². The molecule has 1 aromatic heterocycles. The van der Waals surface area contributed by atoms with Gasteiger partial charge in [0, 0.05) is 19.3 Å². The number of ether oxygens (including phenoxy) is 1. The molecule has 0 saturated heterocycles. The van der Waals surface area contributed by atoms with Crippen molar-refractivity contribution in [2.45, 2.75) is 19.3 Å². The van der Waals surface area contributed by atoms with Crippen LogP contribution in [0.25, 0.3) is 22.2 Å². The SMILES string of the molecule is CS(=O)(=O)CCNCCCn1c(=O)oc2ccc(-c3ccc(OC(F)(F)F)cc3)cc21. The zero-order chi connectivity index (χ0) is 22.6. The summed E-state index contributed by atoms with van der Waals surface area (Å²) in [5, 5.41) is 3.01. The Bertz CT molecular complexity index is 1200. The predicted octanol–water partition coefficient (Wildman–Crippen LogP) is 3.18. The molecule has 0 aliphatic carbocycles. The Labute approximate surface area is 176 Å². The summed E-state index contributed by atoms with van der Waals surface area (Å²) in [4.78, 5) is 12.2. The minimum absolute atomic E-state index is 0.0394. The van der Waals surface area contributed by atoms with Crippen molar-refractivity contribution < 1.29 is 30.7 Å². The molecule has 0 atom stereocenters. The maximum atomic E-state index is 12.3. The van der Waals surface area contributed by atoms with Gasteiger partial charge in [-0.15, -0.1) is 13.2 Å². The summed E-state index contributed by atoms with van der Waals surface area (Å²) in [6, 6.07) is 10.5. The first kappa shape index (κ1) is 22.9. The van der Waals surface area contributed by atoms with Crippen LogP contribution in [0.5, 0.6) is 5.75 Å². The number of sulfone groups is 1. The van der Waals surface area contributed by atoms with Gasteiger partial charge in [-0.1, -0.05) is 18.2 Å². The molecular formula is C20H21F3N2O5S. The number of rotatable bonds is 9. The lowest BCUT2D eigenvalue weighted by Crippen LogP contribution is -2.25. The fourth-order valence-electron chi connectivity index (χ4n) is 3.05. The molecule has 0 saturated carbocycles. The van der Waals surface area contributed by atoms with E-state index in [4.69, 9.17) is 4.42 Å². The van der Waals surface area contributed by atoms with Crippen molar-refractivity contribution in [2.24, 2.45) is 0 Å². The van der Waals surface area contributed by atoms with Crippen LogP contribution in [0.4, 0.5) is 13.2 Å². The van der Waals surface area contributed by atoms with Crippen molar-refractivity contribution in [3.63, 3.8) is 0 Å². The molecule has 0 spiro atoms. The molecule has 168 valence electrons. The first-order valence-electron chi connectivity index (χ1n) is 9.40. The van der Waals surface area contributed by atoms with Gasteiger partial charge in [0.05, 0.1) is 11.3 Å². The van der Waals surface area contributed by atoms with Crippen LogP contribution in [-0.4, -0.2) is 44.4 Å². The Hall–Kier alpha value is -2.79. The van der Waals surface area contributed by atoms with Crippen LogP contribution in [0.3, 0.4) is 0 Å². The zero-order valence-corrected chi connectivity index (χ0v) is 17.4. The summed E-state index contributed by atoms with van der Waals surface area (Å²) in [6.45, 7) is 1.21. The normalized spacial score (nSPS) is 12.4. The monoisotopic (exact) mass is 458 g/mol.